The minimum atomic E-state index is 0.647. The second-order valence-electron chi connectivity index (χ2n) is 4.38. The molecule has 2 heterocycles. The number of nitrogens with zero attached hydrogens (tertiary/aromatic N) is 3. The molecule has 0 bridgehead atoms. The molecule has 1 atom stereocenters. The van der Waals surface area contributed by atoms with Crippen molar-refractivity contribution in [3.63, 3.8) is 0 Å². The van der Waals surface area contributed by atoms with Gasteiger partial charge in [0.15, 0.2) is 0 Å². The third-order valence-corrected chi connectivity index (χ3v) is 3.09. The van der Waals surface area contributed by atoms with Crippen LogP contribution < -0.4 is 10.6 Å². The zero-order valence-electron chi connectivity index (χ0n) is 9.95. The lowest BCUT2D eigenvalue weighted by atomic mass is 10.1. The van der Waals surface area contributed by atoms with Crippen LogP contribution in [0.3, 0.4) is 0 Å². The second-order valence-corrected chi connectivity index (χ2v) is 4.38. The highest BCUT2D eigenvalue weighted by Gasteiger charge is 2.13. The summed E-state index contributed by atoms with van der Waals surface area (Å²) in [7, 11) is 0. The maximum absolute atomic E-state index is 4.34. The zero-order valence-corrected chi connectivity index (χ0v) is 9.95. The van der Waals surface area contributed by atoms with E-state index in [1.807, 2.05) is 13.8 Å². The van der Waals surface area contributed by atoms with Crippen molar-refractivity contribution in [2.75, 3.05) is 25.0 Å². The molecule has 1 aliphatic heterocycles. The molecule has 2 rings (SSSR count). The summed E-state index contributed by atoms with van der Waals surface area (Å²) in [6.45, 7) is 7.11. The monoisotopic (exact) mass is 221 g/mol. The van der Waals surface area contributed by atoms with Crippen LogP contribution in [0.15, 0.2) is 0 Å². The zero-order chi connectivity index (χ0) is 11.4. The maximum atomic E-state index is 4.34. The molecule has 0 aliphatic carbocycles. The van der Waals surface area contributed by atoms with Crippen molar-refractivity contribution >= 4 is 5.95 Å². The lowest BCUT2D eigenvalue weighted by Gasteiger charge is -2.09. The van der Waals surface area contributed by atoms with E-state index in [-0.39, 0.29) is 0 Å². The minimum Gasteiger partial charge on any atom is -0.353 e. The molecule has 0 saturated carbocycles. The molecule has 2 N–H and O–H groups in total. The molecule has 88 valence electrons. The molecule has 5 nitrogen and oxygen atoms in total. The molecule has 1 aromatic rings. The molecule has 0 amide bonds. The SMILES string of the molecule is Cc1nnc(NCCC2CCNC2)nc1C. The van der Waals surface area contributed by atoms with E-state index in [0.717, 1.165) is 36.9 Å². The minimum absolute atomic E-state index is 0.647. The predicted octanol–water partition coefficient (Wildman–Crippen LogP) is 0.900. The topological polar surface area (TPSA) is 62.7 Å². The van der Waals surface area contributed by atoms with E-state index in [9.17, 15) is 0 Å². The predicted molar refractivity (Wildman–Crippen MR) is 63.4 cm³/mol. The molecular weight excluding hydrogens is 202 g/mol. The normalized spacial score (nSPS) is 20.0. The van der Waals surface area contributed by atoms with Crippen LogP contribution >= 0.6 is 0 Å². The summed E-state index contributed by atoms with van der Waals surface area (Å²) in [5.41, 5.74) is 1.84. The van der Waals surface area contributed by atoms with E-state index in [1.54, 1.807) is 0 Å². The van der Waals surface area contributed by atoms with Gasteiger partial charge in [-0.05, 0) is 45.7 Å². The highest BCUT2D eigenvalue weighted by molar-refractivity contribution is 5.24. The Morgan fingerprint density at radius 2 is 2.19 bits per heavy atom. The van der Waals surface area contributed by atoms with Crippen LogP contribution in [0.5, 0.6) is 0 Å². The van der Waals surface area contributed by atoms with Crippen molar-refractivity contribution in [3.05, 3.63) is 11.4 Å². The second kappa shape index (κ2) is 5.21. The molecule has 1 saturated heterocycles. The van der Waals surface area contributed by atoms with Crippen molar-refractivity contribution in [3.8, 4) is 0 Å². The number of aryl methyl sites for hydroxylation is 2. The average molecular weight is 221 g/mol. The fourth-order valence-electron chi connectivity index (χ4n) is 1.88. The lowest BCUT2D eigenvalue weighted by Crippen LogP contribution is -2.14. The molecular formula is C11H19N5. The maximum Gasteiger partial charge on any atom is 0.242 e. The molecule has 1 fully saturated rings. The fraction of sp³-hybridized carbons (Fsp3) is 0.727. The highest BCUT2D eigenvalue weighted by Crippen LogP contribution is 2.12. The van der Waals surface area contributed by atoms with E-state index in [0.29, 0.717) is 5.95 Å². The number of anilines is 1. The van der Waals surface area contributed by atoms with Gasteiger partial charge < -0.3 is 10.6 Å². The number of hydrogen-bond donors (Lipinski definition) is 2. The third kappa shape index (κ3) is 2.88. The van der Waals surface area contributed by atoms with Gasteiger partial charge in [-0.2, -0.15) is 5.10 Å². The van der Waals surface area contributed by atoms with Crippen LogP contribution in [-0.2, 0) is 0 Å². The summed E-state index contributed by atoms with van der Waals surface area (Å²) in [5.74, 6) is 1.45. The van der Waals surface area contributed by atoms with E-state index in [2.05, 4.69) is 25.8 Å². The smallest absolute Gasteiger partial charge is 0.242 e. The quantitative estimate of drug-likeness (QED) is 0.791. The van der Waals surface area contributed by atoms with Crippen LogP contribution in [0, 0.1) is 19.8 Å². The van der Waals surface area contributed by atoms with Gasteiger partial charge in [-0.15, -0.1) is 5.10 Å². The Hall–Kier alpha value is -1.23. The van der Waals surface area contributed by atoms with Crippen LogP contribution in [0.4, 0.5) is 5.95 Å². The van der Waals surface area contributed by atoms with Crippen LogP contribution in [-0.4, -0.2) is 34.8 Å². The van der Waals surface area contributed by atoms with Gasteiger partial charge in [0.25, 0.3) is 0 Å². The first-order valence-electron chi connectivity index (χ1n) is 5.88. The van der Waals surface area contributed by atoms with E-state index in [1.165, 1.54) is 12.8 Å². The molecule has 0 spiro atoms. The van der Waals surface area contributed by atoms with Gasteiger partial charge in [-0.1, -0.05) is 0 Å². The highest BCUT2D eigenvalue weighted by atomic mass is 15.2. The largest absolute Gasteiger partial charge is 0.353 e. The summed E-state index contributed by atoms with van der Waals surface area (Å²) in [5, 5.41) is 14.7. The standard InChI is InChI=1S/C11H19N5/c1-8-9(2)15-16-11(14-8)13-6-4-10-3-5-12-7-10/h10,12H,3-7H2,1-2H3,(H,13,14,16). The molecule has 16 heavy (non-hydrogen) atoms. The van der Waals surface area contributed by atoms with Crippen molar-refractivity contribution in [2.45, 2.75) is 26.7 Å². The van der Waals surface area contributed by atoms with Crippen molar-refractivity contribution in [1.82, 2.24) is 20.5 Å². The Balaban J connectivity index is 1.78. The Morgan fingerprint density at radius 3 is 2.88 bits per heavy atom. The Morgan fingerprint density at radius 1 is 1.31 bits per heavy atom. The first-order chi connectivity index (χ1) is 7.75. The van der Waals surface area contributed by atoms with Crippen LogP contribution in [0.2, 0.25) is 0 Å². The summed E-state index contributed by atoms with van der Waals surface area (Å²) in [4.78, 5) is 4.34. The lowest BCUT2D eigenvalue weighted by molar-refractivity contribution is 0.548. The van der Waals surface area contributed by atoms with Crippen LogP contribution in [0.25, 0.3) is 0 Å². The Kier molecular flexibility index (Phi) is 3.66. The molecule has 1 aliphatic rings. The first-order valence-corrected chi connectivity index (χ1v) is 5.88. The summed E-state index contributed by atoms with van der Waals surface area (Å²) in [6.07, 6.45) is 2.46. The van der Waals surface area contributed by atoms with Gasteiger partial charge >= 0.3 is 0 Å². The Labute approximate surface area is 96.1 Å². The third-order valence-electron chi connectivity index (χ3n) is 3.09. The van der Waals surface area contributed by atoms with Gasteiger partial charge in [0.1, 0.15) is 0 Å². The average Bonchev–Trinajstić information content (AvgIpc) is 2.76. The number of aromatic nitrogens is 3. The van der Waals surface area contributed by atoms with E-state index in [4.69, 9.17) is 0 Å². The Bertz CT molecular complexity index is 346. The van der Waals surface area contributed by atoms with Crippen molar-refractivity contribution in [2.24, 2.45) is 5.92 Å². The van der Waals surface area contributed by atoms with Crippen LogP contribution in [0.1, 0.15) is 24.2 Å². The molecule has 5 heteroatoms. The summed E-state index contributed by atoms with van der Waals surface area (Å²) >= 11 is 0. The van der Waals surface area contributed by atoms with Gasteiger partial charge in [0.05, 0.1) is 11.4 Å². The molecule has 0 aromatic carbocycles. The molecule has 1 unspecified atom stereocenters. The van der Waals surface area contributed by atoms with Gasteiger partial charge in [0.2, 0.25) is 5.95 Å². The first kappa shape index (κ1) is 11.3. The summed E-state index contributed by atoms with van der Waals surface area (Å²) < 4.78 is 0. The van der Waals surface area contributed by atoms with Gasteiger partial charge in [-0.3, -0.25) is 0 Å². The fourth-order valence-corrected chi connectivity index (χ4v) is 1.88. The van der Waals surface area contributed by atoms with Gasteiger partial charge in [0, 0.05) is 6.54 Å². The number of rotatable bonds is 4. The summed E-state index contributed by atoms with van der Waals surface area (Å²) in [6, 6.07) is 0. The van der Waals surface area contributed by atoms with Crippen molar-refractivity contribution < 1.29 is 0 Å². The number of nitrogens with one attached hydrogen (secondary N) is 2. The number of hydrogen-bond acceptors (Lipinski definition) is 5. The van der Waals surface area contributed by atoms with E-state index < -0.39 is 0 Å². The molecule has 1 aromatic heterocycles. The van der Waals surface area contributed by atoms with E-state index >= 15 is 0 Å². The van der Waals surface area contributed by atoms with Gasteiger partial charge in [-0.25, -0.2) is 4.98 Å². The molecule has 0 radical (unpaired) electrons. The van der Waals surface area contributed by atoms with Crippen molar-refractivity contribution in [1.29, 1.82) is 0 Å².